The number of fused-ring (bicyclic) bond motifs is 1. The van der Waals surface area contributed by atoms with Gasteiger partial charge in [-0.3, -0.25) is 9.59 Å². The zero-order chi connectivity index (χ0) is 31.7. The molecule has 1 unspecified atom stereocenters. The topological polar surface area (TPSA) is 157 Å². The number of nitrogens with one attached hydrogen (secondary N) is 4. The van der Waals surface area contributed by atoms with Gasteiger partial charge in [-0.2, -0.15) is 0 Å². The van der Waals surface area contributed by atoms with Crippen molar-refractivity contribution in [3.05, 3.63) is 41.4 Å². The Bertz CT molecular complexity index is 1390. The summed E-state index contributed by atoms with van der Waals surface area (Å²) < 4.78 is 27.0. The predicted octanol–water partition coefficient (Wildman–Crippen LogP) is 3.28. The Morgan fingerprint density at radius 1 is 0.932 bits per heavy atom. The summed E-state index contributed by atoms with van der Waals surface area (Å²) in [4.78, 5) is 40.7. The van der Waals surface area contributed by atoms with Crippen LogP contribution in [-0.2, 0) is 24.4 Å². The molecule has 0 radical (unpaired) electrons. The fraction of sp³-hybridized carbons (Fsp3) is 0.581. The number of carboxylic acid groups (broad SMARTS) is 1. The second kappa shape index (κ2) is 16.0. The summed E-state index contributed by atoms with van der Waals surface area (Å²) in [7, 11) is -4.41. The van der Waals surface area contributed by atoms with Gasteiger partial charge in [-0.25, -0.2) is 18.2 Å². The zero-order valence-electron chi connectivity index (χ0n) is 25.2. The van der Waals surface area contributed by atoms with Crippen LogP contribution in [0.15, 0.2) is 41.3 Å². The lowest BCUT2D eigenvalue weighted by Gasteiger charge is -2.28. The lowest BCUT2D eigenvalue weighted by atomic mass is 9.84. The standard InChI is InChI=1S/C31H44ClN5O6S/c1-21(31(40)41)37(36-44(42,43)28-11-10-27(32)25-4-2-3-5-26(25)28)29(38)20-35-30(39)24(8-6-22-12-16-33-17-13-22)9-7-23-14-18-34-19-15-23/h2-5,10-11,21-24,33-34,36H,6-9,12-20H2,1H3,(H,35,39)(H,40,41). The van der Waals surface area contributed by atoms with Crippen molar-refractivity contribution >= 4 is 50.2 Å². The van der Waals surface area contributed by atoms with E-state index < -0.39 is 34.5 Å². The molecule has 0 bridgehead atoms. The Morgan fingerprint density at radius 3 is 2.02 bits per heavy atom. The lowest BCUT2D eigenvalue weighted by Crippen LogP contribution is -2.56. The highest BCUT2D eigenvalue weighted by molar-refractivity contribution is 7.89. The summed E-state index contributed by atoms with van der Waals surface area (Å²) in [6.45, 7) is 4.56. The molecule has 0 spiro atoms. The summed E-state index contributed by atoms with van der Waals surface area (Å²) in [6, 6.07) is 7.82. The first kappa shape index (κ1) is 34.1. The number of amides is 2. The van der Waals surface area contributed by atoms with Crippen molar-refractivity contribution in [2.24, 2.45) is 17.8 Å². The minimum Gasteiger partial charge on any atom is -0.480 e. The maximum atomic E-state index is 13.5. The second-order valence-corrected chi connectivity index (χ2v) is 14.0. The Kier molecular flexibility index (Phi) is 12.4. The minimum absolute atomic E-state index is 0.159. The first-order chi connectivity index (χ1) is 21.1. The molecule has 242 valence electrons. The molecule has 2 fully saturated rings. The van der Waals surface area contributed by atoms with Crippen molar-refractivity contribution in [3.8, 4) is 0 Å². The number of nitrogens with zero attached hydrogens (tertiary/aromatic N) is 1. The first-order valence-electron chi connectivity index (χ1n) is 15.5. The lowest BCUT2D eigenvalue weighted by molar-refractivity contribution is -0.150. The van der Waals surface area contributed by atoms with E-state index in [9.17, 15) is 27.9 Å². The molecule has 2 saturated heterocycles. The monoisotopic (exact) mass is 649 g/mol. The van der Waals surface area contributed by atoms with Crippen LogP contribution in [0.1, 0.15) is 58.3 Å². The molecule has 2 heterocycles. The van der Waals surface area contributed by atoms with Gasteiger partial charge in [-0.15, -0.1) is 4.83 Å². The number of aliphatic carboxylic acids is 1. The second-order valence-electron chi connectivity index (χ2n) is 11.9. The van der Waals surface area contributed by atoms with E-state index in [0.717, 1.165) is 64.7 Å². The van der Waals surface area contributed by atoms with Gasteiger partial charge in [0.1, 0.15) is 6.04 Å². The van der Waals surface area contributed by atoms with Gasteiger partial charge in [-0.05, 0) is 108 Å². The highest BCUT2D eigenvalue weighted by Crippen LogP contribution is 2.30. The predicted molar refractivity (Wildman–Crippen MR) is 169 cm³/mol. The molecule has 1 atom stereocenters. The molecule has 2 amide bonds. The molecule has 13 heteroatoms. The fourth-order valence-electron chi connectivity index (χ4n) is 6.12. The Balaban J connectivity index is 1.45. The molecule has 0 aliphatic carbocycles. The van der Waals surface area contributed by atoms with Gasteiger partial charge in [0, 0.05) is 21.7 Å². The van der Waals surface area contributed by atoms with E-state index in [2.05, 4.69) is 20.8 Å². The van der Waals surface area contributed by atoms with Crippen molar-refractivity contribution < 1.29 is 27.9 Å². The number of carboxylic acids is 1. The molecule has 2 aromatic rings. The van der Waals surface area contributed by atoms with E-state index >= 15 is 0 Å². The van der Waals surface area contributed by atoms with Crippen molar-refractivity contribution in [2.45, 2.75) is 69.2 Å². The average molecular weight is 650 g/mol. The van der Waals surface area contributed by atoms with E-state index in [-0.39, 0.29) is 16.7 Å². The third-order valence-corrected chi connectivity index (χ3v) is 10.6. The Morgan fingerprint density at radius 2 is 1.48 bits per heavy atom. The van der Waals surface area contributed by atoms with Crippen LogP contribution in [-0.4, -0.2) is 75.1 Å². The van der Waals surface area contributed by atoms with Crippen molar-refractivity contribution in [1.29, 1.82) is 0 Å². The van der Waals surface area contributed by atoms with Crippen molar-refractivity contribution in [3.63, 3.8) is 0 Å². The number of hydrogen-bond donors (Lipinski definition) is 5. The molecule has 2 aliphatic rings. The smallest absolute Gasteiger partial charge is 0.327 e. The molecule has 0 aromatic heterocycles. The van der Waals surface area contributed by atoms with Crippen LogP contribution < -0.4 is 20.8 Å². The van der Waals surface area contributed by atoms with Crippen molar-refractivity contribution in [1.82, 2.24) is 25.8 Å². The number of rotatable bonds is 14. The van der Waals surface area contributed by atoms with E-state index in [0.29, 0.717) is 45.5 Å². The molecule has 2 aromatic carbocycles. The highest BCUT2D eigenvalue weighted by Gasteiger charge is 2.32. The van der Waals surface area contributed by atoms with Crippen LogP contribution in [0.2, 0.25) is 5.02 Å². The molecule has 11 nitrogen and oxygen atoms in total. The quantitative estimate of drug-likeness (QED) is 0.195. The maximum Gasteiger partial charge on any atom is 0.327 e. The Labute approximate surface area is 264 Å². The highest BCUT2D eigenvalue weighted by atomic mass is 35.5. The fourth-order valence-corrected chi connectivity index (χ4v) is 7.68. The van der Waals surface area contributed by atoms with E-state index in [4.69, 9.17) is 11.6 Å². The van der Waals surface area contributed by atoms with Gasteiger partial charge in [0.05, 0.1) is 11.4 Å². The number of carbonyl (C=O) groups excluding carboxylic acids is 2. The van der Waals surface area contributed by atoms with Crippen LogP contribution in [0.4, 0.5) is 0 Å². The number of piperidine rings is 2. The largest absolute Gasteiger partial charge is 0.480 e. The van der Waals surface area contributed by atoms with Gasteiger partial charge in [0.25, 0.3) is 15.9 Å². The van der Waals surface area contributed by atoms with Crippen LogP contribution in [0, 0.1) is 17.8 Å². The summed E-state index contributed by atoms with van der Waals surface area (Å²) in [5.41, 5.74) is 0. The van der Waals surface area contributed by atoms with Crippen LogP contribution >= 0.6 is 11.6 Å². The summed E-state index contributed by atoms with van der Waals surface area (Å²) in [5, 5.41) is 20.8. The third-order valence-electron chi connectivity index (χ3n) is 8.90. The van der Waals surface area contributed by atoms with Crippen LogP contribution in [0.3, 0.4) is 0 Å². The average Bonchev–Trinajstić information content (AvgIpc) is 3.03. The number of halogens is 1. The normalized spacial score (nSPS) is 17.4. The van der Waals surface area contributed by atoms with Crippen LogP contribution in [0.5, 0.6) is 0 Å². The molecule has 0 saturated carbocycles. The van der Waals surface area contributed by atoms with E-state index in [1.54, 1.807) is 24.3 Å². The Hall–Kier alpha value is -2.77. The van der Waals surface area contributed by atoms with Gasteiger partial charge in [-0.1, -0.05) is 35.9 Å². The number of benzene rings is 2. The van der Waals surface area contributed by atoms with Gasteiger partial charge >= 0.3 is 5.97 Å². The molecule has 4 rings (SSSR count). The van der Waals surface area contributed by atoms with Gasteiger partial charge in [0.2, 0.25) is 5.91 Å². The number of sulfonamides is 1. The maximum absolute atomic E-state index is 13.5. The van der Waals surface area contributed by atoms with Crippen LogP contribution in [0.25, 0.3) is 10.8 Å². The molecule has 2 aliphatic heterocycles. The van der Waals surface area contributed by atoms with Gasteiger partial charge in [0.15, 0.2) is 0 Å². The third kappa shape index (κ3) is 9.13. The molecule has 5 N–H and O–H groups in total. The molecular formula is C31H44ClN5O6S. The number of carbonyl (C=O) groups is 3. The summed E-state index contributed by atoms with van der Waals surface area (Å²) in [5.74, 6) is -1.74. The number of hydrogen-bond acceptors (Lipinski definition) is 7. The molecular weight excluding hydrogens is 606 g/mol. The van der Waals surface area contributed by atoms with E-state index in [1.807, 2.05) is 0 Å². The van der Waals surface area contributed by atoms with Gasteiger partial charge < -0.3 is 21.1 Å². The summed E-state index contributed by atoms with van der Waals surface area (Å²) in [6.07, 6.45) is 7.58. The number of hydrazine groups is 1. The zero-order valence-corrected chi connectivity index (χ0v) is 26.8. The molecule has 44 heavy (non-hydrogen) atoms. The SMILES string of the molecule is CC(C(=O)O)N(NS(=O)(=O)c1ccc(Cl)c2ccccc12)C(=O)CNC(=O)C(CCC1CCNCC1)CCC1CCNCC1. The van der Waals surface area contributed by atoms with Crippen molar-refractivity contribution in [2.75, 3.05) is 32.7 Å². The summed E-state index contributed by atoms with van der Waals surface area (Å²) >= 11 is 6.25. The first-order valence-corrected chi connectivity index (χ1v) is 17.4. The van der Waals surface area contributed by atoms with E-state index in [1.165, 1.54) is 19.1 Å². The minimum atomic E-state index is -4.41.